The summed E-state index contributed by atoms with van der Waals surface area (Å²) in [5.41, 5.74) is 1.13. The van der Waals surface area contributed by atoms with E-state index in [0.29, 0.717) is 11.3 Å². The molecule has 110 valence electrons. The number of aliphatic carboxylic acids is 1. The van der Waals surface area contributed by atoms with E-state index in [1.807, 2.05) is 18.2 Å². The second kappa shape index (κ2) is 6.26. The van der Waals surface area contributed by atoms with Crippen molar-refractivity contribution in [2.75, 3.05) is 0 Å². The van der Waals surface area contributed by atoms with Gasteiger partial charge in [-0.15, -0.1) is 0 Å². The number of amides is 1. The zero-order valence-corrected chi connectivity index (χ0v) is 11.9. The van der Waals surface area contributed by atoms with E-state index < -0.39 is 17.9 Å². The highest BCUT2D eigenvalue weighted by molar-refractivity contribution is 5.94. The minimum atomic E-state index is -0.965. The van der Waals surface area contributed by atoms with Crippen molar-refractivity contribution in [3.05, 3.63) is 59.5 Å². The van der Waals surface area contributed by atoms with Gasteiger partial charge in [-0.05, 0) is 25.5 Å². The molecule has 5 heteroatoms. The number of nitrogens with one attached hydrogen (secondary N) is 1. The number of hydrogen-bond donors (Lipinski definition) is 2. The van der Waals surface area contributed by atoms with Crippen LogP contribution in [0.15, 0.2) is 47.1 Å². The lowest BCUT2D eigenvalue weighted by Gasteiger charge is -2.22. The molecule has 21 heavy (non-hydrogen) atoms. The van der Waals surface area contributed by atoms with Gasteiger partial charge >= 0.3 is 5.97 Å². The van der Waals surface area contributed by atoms with Crippen LogP contribution in [0, 0.1) is 12.8 Å². The van der Waals surface area contributed by atoms with E-state index in [0.717, 1.165) is 5.56 Å². The molecule has 0 spiro atoms. The summed E-state index contributed by atoms with van der Waals surface area (Å²) in [7, 11) is 0. The molecule has 0 saturated carbocycles. The van der Waals surface area contributed by atoms with E-state index in [1.54, 1.807) is 32.0 Å². The lowest BCUT2D eigenvalue weighted by atomic mass is 9.94. The number of carboxylic acid groups (broad SMARTS) is 1. The lowest BCUT2D eigenvalue weighted by Crippen LogP contribution is -2.35. The highest BCUT2D eigenvalue weighted by Gasteiger charge is 2.27. The number of carboxylic acids is 1. The van der Waals surface area contributed by atoms with Crippen LogP contribution in [-0.2, 0) is 4.79 Å². The first kappa shape index (κ1) is 14.8. The Morgan fingerprint density at radius 1 is 1.24 bits per heavy atom. The van der Waals surface area contributed by atoms with E-state index in [4.69, 9.17) is 4.42 Å². The maximum atomic E-state index is 12.2. The number of carbonyl (C=O) groups excluding carboxylic acids is 1. The largest absolute Gasteiger partial charge is 0.481 e. The van der Waals surface area contributed by atoms with Crippen molar-refractivity contribution in [2.24, 2.45) is 5.92 Å². The maximum absolute atomic E-state index is 12.2. The molecule has 0 saturated heterocycles. The Hall–Kier alpha value is -2.56. The van der Waals surface area contributed by atoms with Crippen molar-refractivity contribution in [2.45, 2.75) is 19.9 Å². The highest BCUT2D eigenvalue weighted by atomic mass is 16.4. The number of rotatable bonds is 5. The Morgan fingerprint density at radius 3 is 2.43 bits per heavy atom. The zero-order valence-electron chi connectivity index (χ0n) is 11.9. The van der Waals surface area contributed by atoms with Crippen molar-refractivity contribution in [3.63, 3.8) is 0 Å². The molecule has 2 aromatic rings. The predicted octanol–water partition coefficient (Wildman–Crippen LogP) is 2.78. The standard InChI is InChI=1S/C16H17NO4/c1-10-8-13(9-21-10)15(18)17-14(11(2)16(19)20)12-6-4-3-5-7-12/h3-9,11,14H,1-2H3,(H,17,18)(H,19,20). The Balaban J connectivity index is 2.24. The predicted molar refractivity (Wildman–Crippen MR) is 76.9 cm³/mol. The van der Waals surface area contributed by atoms with Crippen LogP contribution in [0.1, 0.15) is 34.6 Å². The van der Waals surface area contributed by atoms with Gasteiger partial charge in [0.2, 0.25) is 0 Å². The second-order valence-electron chi connectivity index (χ2n) is 4.93. The molecule has 1 amide bonds. The number of carbonyl (C=O) groups is 2. The summed E-state index contributed by atoms with van der Waals surface area (Å²) in [5, 5.41) is 12.0. The molecular formula is C16H17NO4. The van der Waals surface area contributed by atoms with Crippen LogP contribution in [0.5, 0.6) is 0 Å². The Bertz CT molecular complexity index is 633. The Kier molecular flexibility index (Phi) is 4.42. The normalized spacial score (nSPS) is 13.4. The van der Waals surface area contributed by atoms with Crippen molar-refractivity contribution in [3.8, 4) is 0 Å². The van der Waals surface area contributed by atoms with Crippen molar-refractivity contribution in [1.29, 1.82) is 0 Å². The molecule has 2 unspecified atom stereocenters. The molecule has 0 aliphatic carbocycles. The van der Waals surface area contributed by atoms with Crippen LogP contribution < -0.4 is 5.32 Å². The monoisotopic (exact) mass is 287 g/mol. The minimum Gasteiger partial charge on any atom is -0.481 e. The molecule has 2 atom stereocenters. The third kappa shape index (κ3) is 3.51. The Labute approximate surface area is 122 Å². The number of hydrogen-bond acceptors (Lipinski definition) is 3. The van der Waals surface area contributed by atoms with Gasteiger partial charge in [-0.25, -0.2) is 0 Å². The Morgan fingerprint density at radius 2 is 1.90 bits per heavy atom. The first-order valence-electron chi connectivity index (χ1n) is 6.63. The number of furan rings is 1. The van der Waals surface area contributed by atoms with Gasteiger partial charge in [-0.2, -0.15) is 0 Å². The van der Waals surface area contributed by atoms with E-state index in [-0.39, 0.29) is 5.91 Å². The van der Waals surface area contributed by atoms with Gasteiger partial charge in [0.05, 0.1) is 17.5 Å². The van der Waals surface area contributed by atoms with Crippen LogP contribution in [0.4, 0.5) is 0 Å². The molecule has 1 heterocycles. The summed E-state index contributed by atoms with van der Waals surface area (Å²) in [6.07, 6.45) is 1.36. The average Bonchev–Trinajstić information content (AvgIpc) is 2.91. The number of aryl methyl sites for hydroxylation is 1. The maximum Gasteiger partial charge on any atom is 0.308 e. The smallest absolute Gasteiger partial charge is 0.308 e. The summed E-state index contributed by atoms with van der Waals surface area (Å²) in [5.74, 6) is -1.44. The van der Waals surface area contributed by atoms with Gasteiger partial charge in [0.25, 0.3) is 5.91 Å². The summed E-state index contributed by atoms with van der Waals surface area (Å²) in [6.45, 7) is 3.31. The van der Waals surface area contributed by atoms with Crippen LogP contribution in [-0.4, -0.2) is 17.0 Å². The molecule has 5 nitrogen and oxygen atoms in total. The molecule has 0 fully saturated rings. The SMILES string of the molecule is Cc1cc(C(=O)NC(c2ccccc2)C(C)C(=O)O)co1. The first-order chi connectivity index (χ1) is 9.99. The molecule has 2 N–H and O–H groups in total. The van der Waals surface area contributed by atoms with Crippen molar-refractivity contribution < 1.29 is 19.1 Å². The van der Waals surface area contributed by atoms with Gasteiger partial charge in [0.1, 0.15) is 12.0 Å². The van der Waals surface area contributed by atoms with Crippen molar-refractivity contribution in [1.82, 2.24) is 5.32 Å². The fourth-order valence-electron chi connectivity index (χ4n) is 2.09. The van der Waals surface area contributed by atoms with Crippen LogP contribution in [0.25, 0.3) is 0 Å². The number of benzene rings is 1. The fraction of sp³-hybridized carbons (Fsp3) is 0.250. The molecule has 0 aliphatic heterocycles. The molecule has 2 rings (SSSR count). The topological polar surface area (TPSA) is 79.5 Å². The molecule has 0 radical (unpaired) electrons. The van der Waals surface area contributed by atoms with Gasteiger partial charge in [0.15, 0.2) is 0 Å². The van der Waals surface area contributed by atoms with Gasteiger partial charge < -0.3 is 14.8 Å². The molecule has 1 aromatic carbocycles. The third-order valence-corrected chi connectivity index (χ3v) is 3.33. The fourth-order valence-corrected chi connectivity index (χ4v) is 2.09. The van der Waals surface area contributed by atoms with Crippen molar-refractivity contribution >= 4 is 11.9 Å². The summed E-state index contributed by atoms with van der Waals surface area (Å²) in [6, 6.07) is 10.1. The quantitative estimate of drug-likeness (QED) is 0.886. The van der Waals surface area contributed by atoms with E-state index >= 15 is 0 Å². The molecule has 0 aliphatic rings. The molecule has 1 aromatic heterocycles. The second-order valence-corrected chi connectivity index (χ2v) is 4.93. The van der Waals surface area contributed by atoms with Gasteiger partial charge in [-0.1, -0.05) is 30.3 Å². The van der Waals surface area contributed by atoms with Crippen LogP contribution in [0.2, 0.25) is 0 Å². The first-order valence-corrected chi connectivity index (χ1v) is 6.63. The lowest BCUT2D eigenvalue weighted by molar-refractivity contribution is -0.142. The summed E-state index contributed by atoms with van der Waals surface area (Å²) < 4.78 is 5.10. The highest BCUT2D eigenvalue weighted by Crippen LogP contribution is 2.23. The molecular weight excluding hydrogens is 270 g/mol. The van der Waals surface area contributed by atoms with E-state index in [1.165, 1.54) is 6.26 Å². The summed E-state index contributed by atoms with van der Waals surface area (Å²) in [4.78, 5) is 23.5. The average molecular weight is 287 g/mol. The minimum absolute atomic E-state index is 0.353. The third-order valence-electron chi connectivity index (χ3n) is 3.33. The van der Waals surface area contributed by atoms with Crippen LogP contribution in [0.3, 0.4) is 0 Å². The zero-order chi connectivity index (χ0) is 15.4. The molecule has 0 bridgehead atoms. The summed E-state index contributed by atoms with van der Waals surface area (Å²) >= 11 is 0. The van der Waals surface area contributed by atoms with Crippen LogP contribution >= 0.6 is 0 Å². The van der Waals surface area contributed by atoms with Gasteiger partial charge in [0, 0.05) is 0 Å². The van der Waals surface area contributed by atoms with E-state index in [2.05, 4.69) is 5.32 Å². The van der Waals surface area contributed by atoms with E-state index in [9.17, 15) is 14.7 Å². The van der Waals surface area contributed by atoms with Gasteiger partial charge in [-0.3, -0.25) is 9.59 Å².